The van der Waals surface area contributed by atoms with Crippen molar-refractivity contribution in [1.82, 2.24) is 4.98 Å². The van der Waals surface area contributed by atoms with Crippen LogP contribution in [0.1, 0.15) is 15.9 Å². The Labute approximate surface area is 151 Å². The first kappa shape index (κ1) is 16.2. The van der Waals surface area contributed by atoms with E-state index in [2.05, 4.69) is 9.98 Å². The van der Waals surface area contributed by atoms with Gasteiger partial charge >= 0.3 is 0 Å². The fraction of sp³-hybridized carbons (Fsp3) is 0.0952. The van der Waals surface area contributed by atoms with Gasteiger partial charge in [-0.25, -0.2) is 0 Å². The maximum absolute atomic E-state index is 12.1. The number of para-hydroxylation sites is 1. The third kappa shape index (κ3) is 3.12. The van der Waals surface area contributed by atoms with Crippen molar-refractivity contribution in [1.29, 1.82) is 0 Å². The molecule has 0 aliphatic carbocycles. The van der Waals surface area contributed by atoms with Crippen LogP contribution in [0.15, 0.2) is 72.0 Å². The highest BCUT2D eigenvalue weighted by atomic mass is 16.5. The molecule has 1 aliphatic rings. The molecule has 26 heavy (non-hydrogen) atoms. The number of hydrogen-bond acceptors (Lipinski definition) is 5. The largest absolute Gasteiger partial charge is 0.456 e. The van der Waals surface area contributed by atoms with Crippen LogP contribution >= 0.6 is 0 Å². The van der Waals surface area contributed by atoms with E-state index in [0.717, 1.165) is 28.2 Å². The van der Waals surface area contributed by atoms with Crippen LogP contribution in [-0.2, 0) is 0 Å². The smallest absolute Gasteiger partial charge is 0.184 e. The zero-order valence-electron chi connectivity index (χ0n) is 14.1. The van der Waals surface area contributed by atoms with Gasteiger partial charge in [0.15, 0.2) is 5.78 Å². The number of Topliss-reactive ketones (excluding diaryl/α,β-unsaturated/α-hetero) is 1. The van der Waals surface area contributed by atoms with Crippen LogP contribution in [-0.4, -0.2) is 29.6 Å². The van der Waals surface area contributed by atoms with Crippen molar-refractivity contribution >= 4 is 11.5 Å². The molecule has 2 heterocycles. The number of benzene rings is 2. The summed E-state index contributed by atoms with van der Waals surface area (Å²) in [6, 6.07) is 17.2. The summed E-state index contributed by atoms with van der Waals surface area (Å²) < 4.78 is 5.85. The van der Waals surface area contributed by atoms with E-state index >= 15 is 0 Å². The number of carbonyl (C=O) groups is 1. The SMILES string of the molecule is NCC1=NCC(=O)c2ccc(-c3cncc(Oc4ccccc4)c3)cc21. The number of rotatable bonds is 4. The van der Waals surface area contributed by atoms with E-state index in [1.54, 1.807) is 12.4 Å². The molecule has 0 saturated heterocycles. The van der Waals surface area contributed by atoms with Crippen LogP contribution in [0.4, 0.5) is 0 Å². The van der Waals surface area contributed by atoms with Gasteiger partial charge in [-0.3, -0.25) is 14.8 Å². The molecule has 128 valence electrons. The number of pyridine rings is 1. The van der Waals surface area contributed by atoms with Gasteiger partial charge in [0.1, 0.15) is 18.0 Å². The van der Waals surface area contributed by atoms with E-state index in [1.165, 1.54) is 0 Å². The summed E-state index contributed by atoms with van der Waals surface area (Å²) in [5.74, 6) is 1.42. The van der Waals surface area contributed by atoms with Gasteiger partial charge in [-0.15, -0.1) is 0 Å². The fourth-order valence-electron chi connectivity index (χ4n) is 2.97. The lowest BCUT2D eigenvalue weighted by Crippen LogP contribution is -2.24. The van der Waals surface area contributed by atoms with Crippen molar-refractivity contribution in [3.63, 3.8) is 0 Å². The lowest BCUT2D eigenvalue weighted by Gasteiger charge is -2.16. The summed E-state index contributed by atoms with van der Waals surface area (Å²) in [5.41, 5.74) is 9.85. The Morgan fingerprint density at radius 3 is 2.58 bits per heavy atom. The molecular weight excluding hydrogens is 326 g/mol. The molecule has 0 spiro atoms. The Kier molecular flexibility index (Phi) is 4.29. The quantitative estimate of drug-likeness (QED) is 0.787. The molecule has 0 amide bonds. The lowest BCUT2D eigenvalue weighted by atomic mass is 9.93. The second-order valence-corrected chi connectivity index (χ2v) is 5.98. The number of aromatic nitrogens is 1. The van der Waals surface area contributed by atoms with Crippen molar-refractivity contribution in [3.05, 3.63) is 78.1 Å². The highest BCUT2D eigenvalue weighted by Crippen LogP contribution is 2.28. The predicted octanol–water partition coefficient (Wildman–Crippen LogP) is 3.49. The van der Waals surface area contributed by atoms with Crippen molar-refractivity contribution in [2.75, 3.05) is 13.1 Å². The molecule has 3 aromatic rings. The van der Waals surface area contributed by atoms with E-state index in [0.29, 0.717) is 17.9 Å². The Morgan fingerprint density at radius 1 is 0.923 bits per heavy atom. The predicted molar refractivity (Wildman–Crippen MR) is 101 cm³/mol. The Balaban J connectivity index is 1.69. The minimum atomic E-state index is 0.0167. The number of carbonyl (C=O) groups excluding carboxylic acids is 1. The summed E-state index contributed by atoms with van der Waals surface area (Å²) in [6.45, 7) is 0.472. The lowest BCUT2D eigenvalue weighted by molar-refractivity contribution is 0.1000. The molecule has 5 heteroatoms. The molecule has 2 N–H and O–H groups in total. The topological polar surface area (TPSA) is 77.6 Å². The molecule has 0 radical (unpaired) electrons. The Morgan fingerprint density at radius 2 is 1.77 bits per heavy atom. The second kappa shape index (κ2) is 6.90. The average Bonchev–Trinajstić information content (AvgIpc) is 2.69. The van der Waals surface area contributed by atoms with E-state index in [4.69, 9.17) is 10.5 Å². The van der Waals surface area contributed by atoms with Gasteiger partial charge in [-0.1, -0.05) is 30.3 Å². The summed E-state index contributed by atoms with van der Waals surface area (Å²) in [6.07, 6.45) is 3.44. The third-order valence-electron chi connectivity index (χ3n) is 4.26. The van der Waals surface area contributed by atoms with Gasteiger partial charge in [-0.05, 0) is 29.8 Å². The highest BCUT2D eigenvalue weighted by molar-refractivity contribution is 6.16. The second-order valence-electron chi connectivity index (χ2n) is 5.98. The summed E-state index contributed by atoms with van der Waals surface area (Å²) >= 11 is 0. The van der Waals surface area contributed by atoms with Crippen molar-refractivity contribution < 1.29 is 9.53 Å². The Hall–Kier alpha value is -3.31. The number of ketones is 1. The van der Waals surface area contributed by atoms with Gasteiger partial charge in [0.05, 0.1) is 11.9 Å². The maximum atomic E-state index is 12.1. The van der Waals surface area contributed by atoms with Gasteiger partial charge in [0.25, 0.3) is 0 Å². The summed E-state index contributed by atoms with van der Waals surface area (Å²) in [5, 5.41) is 0. The van der Waals surface area contributed by atoms with Crippen molar-refractivity contribution in [2.45, 2.75) is 0 Å². The molecule has 0 fully saturated rings. The number of aliphatic imine (C=N–C) groups is 1. The molecule has 5 nitrogen and oxygen atoms in total. The number of hydrogen-bond donors (Lipinski definition) is 1. The normalized spacial score (nSPS) is 13.1. The number of ether oxygens (including phenoxy) is 1. The molecule has 2 aromatic carbocycles. The molecule has 1 aliphatic heterocycles. The number of nitrogens with zero attached hydrogens (tertiary/aromatic N) is 2. The number of nitrogens with two attached hydrogens (primary N) is 1. The standard InChI is InChI=1S/C21H17N3O2/c22-10-20-19-9-14(6-7-18(19)21(25)13-24-20)15-8-17(12-23-11-15)26-16-4-2-1-3-5-16/h1-9,11-12H,10,13,22H2. The zero-order chi connectivity index (χ0) is 17.9. The van der Waals surface area contributed by atoms with Crippen LogP contribution in [0, 0.1) is 0 Å². The Bertz CT molecular complexity index is 997. The van der Waals surface area contributed by atoms with Crippen LogP contribution in [0.2, 0.25) is 0 Å². The van der Waals surface area contributed by atoms with Crippen LogP contribution in [0.25, 0.3) is 11.1 Å². The van der Waals surface area contributed by atoms with Gasteiger partial charge in [0.2, 0.25) is 0 Å². The molecule has 0 atom stereocenters. The van der Waals surface area contributed by atoms with E-state index in [9.17, 15) is 4.79 Å². The number of fused-ring (bicyclic) bond motifs is 1. The van der Waals surface area contributed by atoms with Crippen LogP contribution in [0.5, 0.6) is 11.5 Å². The molecular formula is C21H17N3O2. The average molecular weight is 343 g/mol. The van der Waals surface area contributed by atoms with Gasteiger partial charge < -0.3 is 10.5 Å². The van der Waals surface area contributed by atoms with E-state index in [1.807, 2.05) is 54.6 Å². The van der Waals surface area contributed by atoms with E-state index in [-0.39, 0.29) is 12.3 Å². The van der Waals surface area contributed by atoms with Crippen LogP contribution in [0.3, 0.4) is 0 Å². The maximum Gasteiger partial charge on any atom is 0.184 e. The molecule has 0 bridgehead atoms. The van der Waals surface area contributed by atoms with Gasteiger partial charge in [0, 0.05) is 29.4 Å². The highest BCUT2D eigenvalue weighted by Gasteiger charge is 2.20. The fourth-order valence-corrected chi connectivity index (χ4v) is 2.97. The first-order valence-electron chi connectivity index (χ1n) is 8.34. The summed E-state index contributed by atoms with van der Waals surface area (Å²) in [7, 11) is 0. The minimum absolute atomic E-state index is 0.0167. The molecule has 4 rings (SSSR count). The van der Waals surface area contributed by atoms with Crippen LogP contribution < -0.4 is 10.5 Å². The van der Waals surface area contributed by atoms with Gasteiger partial charge in [-0.2, -0.15) is 0 Å². The molecule has 1 aromatic heterocycles. The molecule has 0 unspecified atom stereocenters. The first-order chi connectivity index (χ1) is 12.7. The molecule has 0 saturated carbocycles. The van der Waals surface area contributed by atoms with Crippen molar-refractivity contribution in [3.8, 4) is 22.6 Å². The first-order valence-corrected chi connectivity index (χ1v) is 8.34. The zero-order valence-corrected chi connectivity index (χ0v) is 14.1. The minimum Gasteiger partial charge on any atom is -0.456 e. The third-order valence-corrected chi connectivity index (χ3v) is 4.26. The van der Waals surface area contributed by atoms with Crippen molar-refractivity contribution in [2.24, 2.45) is 10.7 Å². The van der Waals surface area contributed by atoms with E-state index < -0.39 is 0 Å². The monoisotopic (exact) mass is 343 g/mol. The summed E-state index contributed by atoms with van der Waals surface area (Å²) in [4.78, 5) is 20.6.